The molecule has 7 nitrogen and oxygen atoms in total. The van der Waals surface area contributed by atoms with Crippen molar-refractivity contribution in [2.75, 3.05) is 18.2 Å². The van der Waals surface area contributed by atoms with Gasteiger partial charge < -0.3 is 15.4 Å². The van der Waals surface area contributed by atoms with Crippen LogP contribution in [0.25, 0.3) is 11.3 Å². The van der Waals surface area contributed by atoms with E-state index in [9.17, 15) is 4.79 Å². The maximum Gasteiger partial charge on any atom is 0.323 e. The second-order valence-electron chi connectivity index (χ2n) is 6.29. The number of urea groups is 1. The number of nitrogens with two attached hydrogens (primary N) is 1. The highest BCUT2D eigenvalue weighted by Gasteiger charge is 2.24. The molecule has 0 saturated heterocycles. The van der Waals surface area contributed by atoms with Crippen LogP contribution in [0.15, 0.2) is 54.9 Å². The Morgan fingerprint density at radius 3 is 2.63 bits per heavy atom. The molecule has 4 rings (SSSR count). The summed E-state index contributed by atoms with van der Waals surface area (Å²) in [7, 11) is 1.62. The van der Waals surface area contributed by atoms with Crippen molar-refractivity contribution in [1.82, 2.24) is 14.9 Å². The second kappa shape index (κ2) is 6.95. The first-order chi connectivity index (χ1) is 13.1. The summed E-state index contributed by atoms with van der Waals surface area (Å²) in [6.45, 7) is 1.06. The van der Waals surface area contributed by atoms with Crippen LogP contribution in [0.1, 0.15) is 11.1 Å². The van der Waals surface area contributed by atoms with Gasteiger partial charge in [0.25, 0.3) is 0 Å². The van der Waals surface area contributed by atoms with E-state index in [4.69, 9.17) is 10.5 Å². The lowest BCUT2D eigenvalue weighted by atomic mass is 10.1. The largest absolute Gasteiger partial charge is 0.497 e. The number of anilines is 2. The number of carbonyl (C=O) groups is 1. The van der Waals surface area contributed by atoms with Crippen LogP contribution in [0.4, 0.5) is 16.3 Å². The van der Waals surface area contributed by atoms with Gasteiger partial charge in [0, 0.05) is 31.0 Å². The standard InChI is InChI=1S/C20H19N5O2/c1-27-16-4-2-13(3-5-16)18-7-6-17(21)19(23-18)24-20(26)25-11-14-8-9-22-10-15(14)12-25/h2-10H,11-12,21H2,1H3,(H,23,24,26). The number of rotatable bonds is 3. The first kappa shape index (κ1) is 16.8. The van der Waals surface area contributed by atoms with Crippen LogP contribution in [0.5, 0.6) is 5.75 Å². The summed E-state index contributed by atoms with van der Waals surface area (Å²) in [6.07, 6.45) is 3.53. The van der Waals surface area contributed by atoms with Crippen molar-refractivity contribution in [3.63, 3.8) is 0 Å². The van der Waals surface area contributed by atoms with Crippen LogP contribution in [0, 0.1) is 0 Å². The summed E-state index contributed by atoms with van der Waals surface area (Å²) in [5, 5.41) is 2.83. The Bertz CT molecular complexity index is 963. The van der Waals surface area contributed by atoms with Gasteiger partial charge >= 0.3 is 6.03 Å². The molecule has 2 amide bonds. The summed E-state index contributed by atoms with van der Waals surface area (Å²) in [4.78, 5) is 23.0. The number of benzene rings is 1. The van der Waals surface area contributed by atoms with Gasteiger partial charge in [0.05, 0.1) is 18.5 Å². The molecule has 3 heterocycles. The molecular formula is C20H19N5O2. The smallest absolute Gasteiger partial charge is 0.323 e. The van der Waals surface area contributed by atoms with E-state index in [1.165, 1.54) is 0 Å². The molecule has 0 atom stereocenters. The molecule has 3 aromatic rings. The van der Waals surface area contributed by atoms with E-state index < -0.39 is 0 Å². The zero-order valence-corrected chi connectivity index (χ0v) is 14.8. The minimum absolute atomic E-state index is 0.239. The summed E-state index contributed by atoms with van der Waals surface area (Å²) in [5.74, 6) is 1.12. The van der Waals surface area contributed by atoms with E-state index in [2.05, 4.69) is 15.3 Å². The van der Waals surface area contributed by atoms with E-state index in [0.29, 0.717) is 24.6 Å². The molecule has 0 radical (unpaired) electrons. The highest BCUT2D eigenvalue weighted by molar-refractivity contribution is 5.92. The lowest BCUT2D eigenvalue weighted by Gasteiger charge is -2.17. The average Bonchev–Trinajstić information content (AvgIpc) is 3.14. The highest BCUT2D eigenvalue weighted by Crippen LogP contribution is 2.26. The molecular weight excluding hydrogens is 342 g/mol. The number of methoxy groups -OCH3 is 1. The van der Waals surface area contributed by atoms with Gasteiger partial charge in [-0.3, -0.25) is 10.3 Å². The molecule has 3 N–H and O–H groups in total. The van der Waals surface area contributed by atoms with Crippen molar-refractivity contribution in [3.8, 4) is 17.0 Å². The van der Waals surface area contributed by atoms with Gasteiger partial charge in [0.1, 0.15) is 5.75 Å². The number of hydrogen-bond acceptors (Lipinski definition) is 5. The number of amides is 2. The molecule has 1 aliphatic heterocycles. The van der Waals surface area contributed by atoms with Gasteiger partial charge in [-0.2, -0.15) is 0 Å². The van der Waals surface area contributed by atoms with Gasteiger partial charge in [-0.25, -0.2) is 9.78 Å². The second-order valence-corrected chi connectivity index (χ2v) is 6.29. The minimum Gasteiger partial charge on any atom is -0.497 e. The predicted molar refractivity (Wildman–Crippen MR) is 103 cm³/mol. The monoisotopic (exact) mass is 361 g/mol. The normalized spacial score (nSPS) is 12.6. The molecule has 0 unspecified atom stereocenters. The van der Waals surface area contributed by atoms with Crippen molar-refractivity contribution in [2.24, 2.45) is 0 Å². The molecule has 1 aliphatic rings. The van der Waals surface area contributed by atoms with E-state index in [1.54, 1.807) is 30.5 Å². The molecule has 2 aromatic heterocycles. The van der Waals surface area contributed by atoms with Crippen molar-refractivity contribution in [3.05, 3.63) is 66.0 Å². The van der Waals surface area contributed by atoms with E-state index in [0.717, 1.165) is 28.1 Å². The summed E-state index contributed by atoms with van der Waals surface area (Å²) in [6, 6.07) is 12.8. The predicted octanol–water partition coefficient (Wildman–Crippen LogP) is 3.28. The van der Waals surface area contributed by atoms with Gasteiger partial charge in [-0.05, 0) is 53.6 Å². The van der Waals surface area contributed by atoms with Crippen molar-refractivity contribution in [2.45, 2.75) is 13.1 Å². The minimum atomic E-state index is -0.239. The quantitative estimate of drug-likeness (QED) is 0.747. The molecule has 0 spiro atoms. The average molecular weight is 361 g/mol. The third-order valence-electron chi connectivity index (χ3n) is 4.55. The summed E-state index contributed by atoms with van der Waals surface area (Å²) < 4.78 is 5.18. The first-order valence-corrected chi connectivity index (χ1v) is 8.52. The fourth-order valence-electron chi connectivity index (χ4n) is 3.04. The number of ether oxygens (including phenoxy) is 1. The molecule has 7 heteroatoms. The zero-order valence-electron chi connectivity index (χ0n) is 14.8. The Hall–Kier alpha value is -3.61. The number of hydrogen-bond donors (Lipinski definition) is 2. The summed E-state index contributed by atoms with van der Waals surface area (Å²) >= 11 is 0. The molecule has 27 heavy (non-hydrogen) atoms. The molecule has 0 saturated carbocycles. The van der Waals surface area contributed by atoms with E-state index in [-0.39, 0.29) is 6.03 Å². The van der Waals surface area contributed by atoms with Crippen molar-refractivity contribution in [1.29, 1.82) is 0 Å². The number of pyridine rings is 2. The molecule has 0 aliphatic carbocycles. The van der Waals surface area contributed by atoms with E-state index in [1.807, 2.05) is 36.4 Å². The lowest BCUT2D eigenvalue weighted by Crippen LogP contribution is -2.30. The van der Waals surface area contributed by atoms with Gasteiger partial charge in [0.2, 0.25) is 0 Å². The number of nitrogen functional groups attached to an aromatic ring is 1. The van der Waals surface area contributed by atoms with Gasteiger partial charge in [0.15, 0.2) is 5.82 Å². The Morgan fingerprint density at radius 2 is 1.89 bits per heavy atom. The van der Waals surface area contributed by atoms with Gasteiger partial charge in [-0.1, -0.05) is 0 Å². The molecule has 136 valence electrons. The van der Waals surface area contributed by atoms with E-state index >= 15 is 0 Å². The Balaban J connectivity index is 1.52. The number of carbonyl (C=O) groups excluding carboxylic acids is 1. The Labute approximate surface area is 156 Å². The zero-order chi connectivity index (χ0) is 18.8. The maximum absolute atomic E-state index is 12.6. The Morgan fingerprint density at radius 1 is 1.11 bits per heavy atom. The maximum atomic E-state index is 12.6. The van der Waals surface area contributed by atoms with Crippen LogP contribution >= 0.6 is 0 Å². The van der Waals surface area contributed by atoms with Crippen LogP contribution in [-0.2, 0) is 13.1 Å². The fraction of sp³-hybridized carbons (Fsp3) is 0.150. The van der Waals surface area contributed by atoms with Gasteiger partial charge in [-0.15, -0.1) is 0 Å². The topological polar surface area (TPSA) is 93.4 Å². The third-order valence-corrected chi connectivity index (χ3v) is 4.55. The highest BCUT2D eigenvalue weighted by atomic mass is 16.5. The fourth-order valence-corrected chi connectivity index (χ4v) is 3.04. The number of nitrogens with zero attached hydrogens (tertiary/aromatic N) is 3. The summed E-state index contributed by atoms with van der Waals surface area (Å²) in [5.41, 5.74) is 10.2. The van der Waals surface area contributed by atoms with Crippen LogP contribution in [-0.4, -0.2) is 28.0 Å². The van der Waals surface area contributed by atoms with Crippen LogP contribution in [0.2, 0.25) is 0 Å². The number of aromatic nitrogens is 2. The number of fused-ring (bicyclic) bond motifs is 1. The lowest BCUT2D eigenvalue weighted by molar-refractivity contribution is 0.212. The van der Waals surface area contributed by atoms with Crippen molar-refractivity contribution >= 4 is 17.5 Å². The molecule has 0 bridgehead atoms. The van der Waals surface area contributed by atoms with Crippen LogP contribution < -0.4 is 15.8 Å². The number of nitrogens with one attached hydrogen (secondary N) is 1. The van der Waals surface area contributed by atoms with Crippen molar-refractivity contribution < 1.29 is 9.53 Å². The third kappa shape index (κ3) is 3.39. The SMILES string of the molecule is COc1ccc(-c2ccc(N)c(NC(=O)N3Cc4ccncc4C3)n2)cc1. The first-order valence-electron chi connectivity index (χ1n) is 8.52. The molecule has 0 fully saturated rings. The van der Waals surface area contributed by atoms with Crippen LogP contribution in [0.3, 0.4) is 0 Å². The molecule has 1 aromatic carbocycles. The Kier molecular flexibility index (Phi) is 4.33.